The number of aromatic nitrogens is 3. The van der Waals surface area contributed by atoms with Gasteiger partial charge in [0.15, 0.2) is 15.0 Å². The van der Waals surface area contributed by atoms with Crippen LogP contribution in [0.25, 0.3) is 0 Å². The highest BCUT2D eigenvalue weighted by molar-refractivity contribution is 7.99. The lowest BCUT2D eigenvalue weighted by atomic mass is 10.2. The Hall–Kier alpha value is -2.78. The average Bonchev–Trinajstić information content (AvgIpc) is 3.13. The molecule has 0 spiro atoms. The molecule has 0 amide bonds. The molecule has 3 aromatic rings. The third-order valence-electron chi connectivity index (χ3n) is 4.45. The van der Waals surface area contributed by atoms with E-state index in [1.807, 2.05) is 31.2 Å². The van der Waals surface area contributed by atoms with Gasteiger partial charge in [-0.15, -0.1) is 16.8 Å². The lowest BCUT2D eigenvalue weighted by molar-refractivity contribution is 0.342. The summed E-state index contributed by atoms with van der Waals surface area (Å²) in [5.41, 5.74) is 1.00. The first-order valence-corrected chi connectivity index (χ1v) is 12.3. The summed E-state index contributed by atoms with van der Waals surface area (Å²) in [5.74, 6) is 2.32. The number of hydrogen-bond donors (Lipinski definition) is 0. The molecular formula is C22H25N3O4S2. The fourth-order valence-corrected chi connectivity index (χ4v) is 4.86. The molecule has 0 unspecified atom stereocenters. The Labute approximate surface area is 187 Å². The topological polar surface area (TPSA) is 83.3 Å². The molecule has 0 saturated heterocycles. The van der Waals surface area contributed by atoms with E-state index in [1.54, 1.807) is 42.0 Å². The summed E-state index contributed by atoms with van der Waals surface area (Å²) in [6.07, 6.45) is 1.70. The normalized spacial score (nSPS) is 11.3. The second-order valence-corrected chi connectivity index (χ2v) is 9.79. The van der Waals surface area contributed by atoms with Crippen LogP contribution in [-0.4, -0.2) is 42.7 Å². The molecule has 7 nitrogen and oxygen atoms in total. The van der Waals surface area contributed by atoms with Gasteiger partial charge in [-0.3, -0.25) is 0 Å². The maximum atomic E-state index is 12.8. The van der Waals surface area contributed by atoms with Gasteiger partial charge in [0, 0.05) is 12.3 Å². The minimum atomic E-state index is -3.53. The van der Waals surface area contributed by atoms with Gasteiger partial charge in [0.1, 0.15) is 23.1 Å². The van der Waals surface area contributed by atoms with Crippen molar-refractivity contribution in [3.05, 3.63) is 72.6 Å². The molecule has 164 valence electrons. The highest BCUT2D eigenvalue weighted by Gasteiger charge is 2.21. The summed E-state index contributed by atoms with van der Waals surface area (Å²) in [6.45, 7) is 6.57. The van der Waals surface area contributed by atoms with Gasteiger partial charge >= 0.3 is 0 Å². The van der Waals surface area contributed by atoms with Crippen molar-refractivity contribution in [3.8, 4) is 11.5 Å². The van der Waals surface area contributed by atoms with Crippen molar-refractivity contribution in [3.63, 3.8) is 0 Å². The molecule has 2 aromatic carbocycles. The lowest BCUT2D eigenvalue weighted by Crippen LogP contribution is -2.12. The van der Waals surface area contributed by atoms with E-state index < -0.39 is 9.84 Å². The molecule has 1 heterocycles. The Morgan fingerprint density at radius 1 is 1.06 bits per heavy atom. The number of hydrogen-bond acceptors (Lipinski definition) is 7. The van der Waals surface area contributed by atoms with E-state index in [1.165, 1.54) is 11.8 Å². The van der Waals surface area contributed by atoms with Crippen LogP contribution in [-0.2, 0) is 22.1 Å². The predicted molar refractivity (Wildman–Crippen MR) is 122 cm³/mol. The number of sulfone groups is 1. The molecule has 0 saturated carbocycles. The molecule has 9 heteroatoms. The molecule has 0 aliphatic heterocycles. The van der Waals surface area contributed by atoms with Gasteiger partial charge in [0.25, 0.3) is 0 Å². The van der Waals surface area contributed by atoms with E-state index in [0.717, 1.165) is 17.1 Å². The van der Waals surface area contributed by atoms with Crippen molar-refractivity contribution in [2.24, 2.45) is 0 Å². The summed E-state index contributed by atoms with van der Waals surface area (Å²) >= 11 is 1.46. The van der Waals surface area contributed by atoms with Crippen LogP contribution in [0.4, 0.5) is 0 Å². The molecule has 0 atom stereocenters. The van der Waals surface area contributed by atoms with Gasteiger partial charge in [-0.25, -0.2) is 8.42 Å². The molecule has 3 rings (SSSR count). The van der Waals surface area contributed by atoms with Gasteiger partial charge in [-0.05, 0) is 43.3 Å². The van der Waals surface area contributed by atoms with Gasteiger partial charge in [0.05, 0.1) is 18.6 Å². The molecule has 1 aromatic heterocycles. The van der Waals surface area contributed by atoms with E-state index in [4.69, 9.17) is 9.47 Å². The summed E-state index contributed by atoms with van der Waals surface area (Å²) in [4.78, 5) is 0.272. The maximum absolute atomic E-state index is 12.8. The van der Waals surface area contributed by atoms with Crippen molar-refractivity contribution in [1.82, 2.24) is 14.8 Å². The van der Waals surface area contributed by atoms with Crippen LogP contribution in [0.15, 0.2) is 71.2 Å². The Morgan fingerprint density at radius 2 is 1.74 bits per heavy atom. The second kappa shape index (κ2) is 10.5. The number of allylic oxidation sites excluding steroid dienone is 1. The average molecular weight is 460 g/mol. The number of benzene rings is 2. The summed E-state index contributed by atoms with van der Waals surface area (Å²) < 4.78 is 38.2. The van der Waals surface area contributed by atoms with E-state index in [-0.39, 0.29) is 10.6 Å². The smallest absolute Gasteiger partial charge is 0.191 e. The SMILES string of the molecule is C=CCn1c(CS(=O)(=O)c2ccc(C)cc2)nnc1SCCOc1ccc(OC)cc1. The Kier molecular flexibility index (Phi) is 7.75. The van der Waals surface area contributed by atoms with Gasteiger partial charge in [-0.2, -0.15) is 0 Å². The molecule has 0 N–H and O–H groups in total. The number of nitrogens with zero attached hydrogens (tertiary/aromatic N) is 3. The first kappa shape index (κ1) is 22.9. The number of ether oxygens (including phenoxy) is 2. The van der Waals surface area contributed by atoms with Crippen LogP contribution in [0.3, 0.4) is 0 Å². The van der Waals surface area contributed by atoms with Crippen LogP contribution >= 0.6 is 11.8 Å². The number of rotatable bonds is 11. The maximum Gasteiger partial charge on any atom is 0.191 e. The molecule has 0 fully saturated rings. The van der Waals surface area contributed by atoms with Crippen molar-refractivity contribution < 1.29 is 17.9 Å². The molecule has 0 aliphatic carbocycles. The van der Waals surface area contributed by atoms with E-state index in [0.29, 0.717) is 29.9 Å². The van der Waals surface area contributed by atoms with Gasteiger partial charge in [0.2, 0.25) is 0 Å². The van der Waals surface area contributed by atoms with E-state index in [2.05, 4.69) is 16.8 Å². The fraction of sp³-hybridized carbons (Fsp3) is 0.273. The summed E-state index contributed by atoms with van der Waals surface area (Å²) in [7, 11) is -1.91. The number of methoxy groups -OCH3 is 1. The molecule has 0 bridgehead atoms. The zero-order valence-corrected chi connectivity index (χ0v) is 19.2. The third-order valence-corrected chi connectivity index (χ3v) is 7.01. The Morgan fingerprint density at radius 3 is 2.39 bits per heavy atom. The van der Waals surface area contributed by atoms with Crippen LogP contribution in [0.1, 0.15) is 11.4 Å². The van der Waals surface area contributed by atoms with E-state index >= 15 is 0 Å². The summed E-state index contributed by atoms with van der Waals surface area (Å²) in [5, 5.41) is 8.95. The molecule has 0 radical (unpaired) electrons. The zero-order valence-electron chi connectivity index (χ0n) is 17.5. The molecule has 0 aliphatic rings. The minimum Gasteiger partial charge on any atom is -0.497 e. The van der Waals surface area contributed by atoms with Crippen molar-refractivity contribution in [1.29, 1.82) is 0 Å². The first-order chi connectivity index (χ1) is 14.9. The van der Waals surface area contributed by atoms with Crippen molar-refractivity contribution in [2.75, 3.05) is 19.5 Å². The van der Waals surface area contributed by atoms with Crippen LogP contribution < -0.4 is 9.47 Å². The standard InChI is InChI=1S/C22H25N3O4S2/c1-4-13-25-21(16-31(26,27)20-11-5-17(2)6-12-20)23-24-22(25)30-15-14-29-19-9-7-18(28-3)8-10-19/h4-12H,1,13-16H2,2-3H3. The monoisotopic (exact) mass is 459 g/mol. The zero-order chi connectivity index (χ0) is 22.3. The largest absolute Gasteiger partial charge is 0.497 e. The highest BCUT2D eigenvalue weighted by atomic mass is 32.2. The van der Waals surface area contributed by atoms with Crippen molar-refractivity contribution >= 4 is 21.6 Å². The van der Waals surface area contributed by atoms with Crippen LogP contribution in [0.5, 0.6) is 11.5 Å². The van der Waals surface area contributed by atoms with Crippen LogP contribution in [0, 0.1) is 6.92 Å². The molecular weight excluding hydrogens is 434 g/mol. The highest BCUT2D eigenvalue weighted by Crippen LogP contribution is 2.22. The Balaban J connectivity index is 1.64. The van der Waals surface area contributed by atoms with E-state index in [9.17, 15) is 8.42 Å². The first-order valence-electron chi connectivity index (χ1n) is 9.65. The summed E-state index contributed by atoms with van der Waals surface area (Å²) in [6, 6.07) is 14.2. The lowest BCUT2D eigenvalue weighted by Gasteiger charge is -2.09. The quantitative estimate of drug-likeness (QED) is 0.244. The predicted octanol–water partition coefficient (Wildman–Crippen LogP) is 3.93. The van der Waals surface area contributed by atoms with Crippen LogP contribution in [0.2, 0.25) is 0 Å². The molecule has 31 heavy (non-hydrogen) atoms. The minimum absolute atomic E-state index is 0.222. The Bertz CT molecular complexity index is 1110. The van der Waals surface area contributed by atoms with Crippen molar-refractivity contribution in [2.45, 2.75) is 29.3 Å². The number of thioether (sulfide) groups is 1. The second-order valence-electron chi connectivity index (χ2n) is 6.74. The third kappa shape index (κ3) is 6.11. The van der Waals surface area contributed by atoms with Gasteiger partial charge in [-0.1, -0.05) is 35.5 Å². The van der Waals surface area contributed by atoms with Gasteiger partial charge < -0.3 is 14.0 Å². The fourth-order valence-electron chi connectivity index (χ4n) is 2.81. The number of aryl methyl sites for hydroxylation is 1.